The van der Waals surface area contributed by atoms with Crippen LogP contribution < -0.4 is 5.32 Å². The molecule has 1 unspecified atom stereocenters. The molecule has 1 amide bonds. The predicted octanol–water partition coefficient (Wildman–Crippen LogP) is 3.04. The van der Waals surface area contributed by atoms with Crippen LogP contribution in [0, 0.1) is 0 Å². The van der Waals surface area contributed by atoms with Crippen LogP contribution in [0.4, 0.5) is 5.69 Å². The van der Waals surface area contributed by atoms with Crippen molar-refractivity contribution in [1.29, 1.82) is 0 Å². The van der Waals surface area contributed by atoms with E-state index in [1.54, 1.807) is 24.4 Å². The van der Waals surface area contributed by atoms with Crippen LogP contribution >= 0.6 is 11.6 Å². The molecule has 2 N–H and O–H groups in total. The van der Waals surface area contributed by atoms with Crippen LogP contribution in [0.15, 0.2) is 30.5 Å². The molecule has 0 bridgehead atoms. The molecule has 2 aromatic rings. The Morgan fingerprint density at radius 2 is 2.25 bits per heavy atom. The van der Waals surface area contributed by atoms with Crippen LogP contribution in [0.2, 0.25) is 5.02 Å². The number of nitrogens with zero attached hydrogens (tertiary/aromatic N) is 2. The second kappa shape index (κ2) is 5.17. The molecule has 1 aliphatic rings. The van der Waals surface area contributed by atoms with Gasteiger partial charge in [0.1, 0.15) is 6.17 Å². The van der Waals surface area contributed by atoms with Crippen molar-refractivity contribution in [3.8, 4) is 0 Å². The van der Waals surface area contributed by atoms with E-state index in [1.165, 1.54) is 0 Å². The number of hydrogen-bond donors (Lipinski definition) is 2. The number of benzene rings is 1. The molecule has 0 spiro atoms. The summed E-state index contributed by atoms with van der Waals surface area (Å²) < 4.78 is 0. The lowest BCUT2D eigenvalue weighted by Crippen LogP contribution is -2.43. The lowest BCUT2D eigenvalue weighted by atomic mass is 10.1. The number of H-pyrrole nitrogens is 1. The van der Waals surface area contributed by atoms with Crippen molar-refractivity contribution >= 4 is 23.2 Å². The van der Waals surface area contributed by atoms with Crippen LogP contribution in [0.3, 0.4) is 0 Å². The van der Waals surface area contributed by atoms with E-state index in [-0.39, 0.29) is 12.1 Å². The Bertz CT molecular complexity index is 626. The maximum absolute atomic E-state index is 12.6. The standard InChI is InChI=1S/C14H15ClN4O/c1-2-7-19-13(11-5-6-16-18-11)17-12-8-9(15)3-4-10(12)14(19)20/h3-6,8,13,17H,2,7H2,1H3,(H,16,18). The van der Waals surface area contributed by atoms with Gasteiger partial charge >= 0.3 is 0 Å². The molecule has 6 heteroatoms. The maximum Gasteiger partial charge on any atom is 0.257 e. The Labute approximate surface area is 121 Å². The molecular weight excluding hydrogens is 276 g/mol. The third kappa shape index (κ3) is 2.14. The fraction of sp³-hybridized carbons (Fsp3) is 0.286. The zero-order valence-corrected chi connectivity index (χ0v) is 11.8. The highest BCUT2D eigenvalue weighted by atomic mass is 35.5. The Balaban J connectivity index is 2.04. The Kier molecular flexibility index (Phi) is 3.36. The lowest BCUT2D eigenvalue weighted by Gasteiger charge is -2.37. The molecule has 20 heavy (non-hydrogen) atoms. The van der Waals surface area contributed by atoms with Gasteiger partial charge in [0.25, 0.3) is 5.91 Å². The summed E-state index contributed by atoms with van der Waals surface area (Å²) in [5.74, 6) is 0.0110. The molecular formula is C14H15ClN4O. The summed E-state index contributed by atoms with van der Waals surface area (Å²) in [4.78, 5) is 14.4. The number of rotatable bonds is 3. The van der Waals surface area contributed by atoms with Gasteiger partial charge in [0, 0.05) is 17.8 Å². The molecule has 0 fully saturated rings. The normalized spacial score (nSPS) is 17.8. The molecule has 0 saturated carbocycles. The summed E-state index contributed by atoms with van der Waals surface area (Å²) in [7, 11) is 0. The van der Waals surface area contributed by atoms with Crippen molar-refractivity contribution in [3.05, 3.63) is 46.7 Å². The van der Waals surface area contributed by atoms with Crippen molar-refractivity contribution in [2.24, 2.45) is 0 Å². The van der Waals surface area contributed by atoms with Gasteiger partial charge in [-0.25, -0.2) is 0 Å². The molecule has 1 aliphatic heterocycles. The van der Waals surface area contributed by atoms with Gasteiger partial charge in [-0.05, 0) is 30.7 Å². The summed E-state index contributed by atoms with van der Waals surface area (Å²) in [6.45, 7) is 2.73. The minimum Gasteiger partial charge on any atom is -0.359 e. The summed E-state index contributed by atoms with van der Waals surface area (Å²) >= 11 is 6.01. The van der Waals surface area contributed by atoms with Gasteiger partial charge in [-0.1, -0.05) is 18.5 Å². The van der Waals surface area contributed by atoms with E-state index >= 15 is 0 Å². The van der Waals surface area contributed by atoms with Crippen LogP contribution in [-0.2, 0) is 0 Å². The first-order valence-electron chi connectivity index (χ1n) is 6.57. The fourth-order valence-electron chi connectivity index (χ4n) is 2.46. The van der Waals surface area contributed by atoms with Gasteiger partial charge in [-0.2, -0.15) is 5.10 Å². The second-order valence-electron chi connectivity index (χ2n) is 4.75. The summed E-state index contributed by atoms with van der Waals surface area (Å²) in [6, 6.07) is 7.14. The van der Waals surface area contributed by atoms with Gasteiger partial charge in [0.2, 0.25) is 0 Å². The summed E-state index contributed by atoms with van der Waals surface area (Å²) in [5, 5.41) is 10.8. The largest absolute Gasteiger partial charge is 0.359 e. The highest BCUT2D eigenvalue weighted by molar-refractivity contribution is 6.31. The van der Waals surface area contributed by atoms with Gasteiger partial charge in [-0.3, -0.25) is 9.89 Å². The number of fused-ring (bicyclic) bond motifs is 1. The smallest absolute Gasteiger partial charge is 0.257 e. The number of aromatic amines is 1. The number of hydrogen-bond acceptors (Lipinski definition) is 3. The fourth-order valence-corrected chi connectivity index (χ4v) is 2.63. The summed E-state index contributed by atoms with van der Waals surface area (Å²) in [5.41, 5.74) is 2.27. The SMILES string of the molecule is CCCN1C(=O)c2ccc(Cl)cc2NC1c1ccn[nH]1. The number of aromatic nitrogens is 2. The molecule has 0 aliphatic carbocycles. The average Bonchev–Trinajstić information content (AvgIpc) is 2.95. The highest BCUT2D eigenvalue weighted by Crippen LogP contribution is 2.33. The van der Waals surface area contributed by atoms with Crippen molar-refractivity contribution in [1.82, 2.24) is 15.1 Å². The van der Waals surface area contributed by atoms with Crippen LogP contribution in [0.25, 0.3) is 0 Å². The third-order valence-electron chi connectivity index (χ3n) is 3.36. The molecule has 0 saturated heterocycles. The van der Waals surface area contributed by atoms with E-state index in [1.807, 2.05) is 11.0 Å². The van der Waals surface area contributed by atoms with E-state index < -0.39 is 0 Å². The first-order chi connectivity index (χ1) is 9.70. The molecule has 5 nitrogen and oxygen atoms in total. The molecule has 104 valence electrons. The number of nitrogens with one attached hydrogen (secondary N) is 2. The molecule has 1 aromatic heterocycles. The van der Waals surface area contributed by atoms with Gasteiger partial charge < -0.3 is 10.2 Å². The number of halogens is 1. The van der Waals surface area contributed by atoms with Crippen molar-refractivity contribution in [3.63, 3.8) is 0 Å². The number of carbonyl (C=O) groups is 1. The first-order valence-corrected chi connectivity index (χ1v) is 6.95. The van der Waals surface area contributed by atoms with Gasteiger partial charge in [0.05, 0.1) is 16.9 Å². The number of anilines is 1. The van der Waals surface area contributed by atoms with E-state index in [0.29, 0.717) is 17.1 Å². The quantitative estimate of drug-likeness (QED) is 0.913. The minimum absolute atomic E-state index is 0.0110. The second-order valence-corrected chi connectivity index (χ2v) is 5.18. The van der Waals surface area contributed by atoms with Crippen molar-refractivity contribution < 1.29 is 4.79 Å². The zero-order valence-electron chi connectivity index (χ0n) is 11.1. The van der Waals surface area contributed by atoms with E-state index in [9.17, 15) is 4.79 Å². The van der Waals surface area contributed by atoms with Crippen molar-refractivity contribution in [2.45, 2.75) is 19.5 Å². The Hall–Kier alpha value is -2.01. The van der Waals surface area contributed by atoms with Crippen LogP contribution in [-0.4, -0.2) is 27.5 Å². The van der Waals surface area contributed by atoms with Crippen molar-refractivity contribution in [2.75, 3.05) is 11.9 Å². The topological polar surface area (TPSA) is 61.0 Å². The maximum atomic E-state index is 12.6. The third-order valence-corrected chi connectivity index (χ3v) is 3.59. The number of carbonyl (C=O) groups excluding carboxylic acids is 1. The van der Waals surface area contributed by atoms with Gasteiger partial charge in [-0.15, -0.1) is 0 Å². The molecule has 0 radical (unpaired) electrons. The first kappa shape index (κ1) is 13.0. The molecule has 3 rings (SSSR count). The van der Waals surface area contributed by atoms with E-state index in [0.717, 1.165) is 17.8 Å². The van der Waals surface area contributed by atoms with Crippen LogP contribution in [0.5, 0.6) is 0 Å². The molecule has 1 atom stereocenters. The number of amides is 1. The summed E-state index contributed by atoms with van der Waals surface area (Å²) in [6.07, 6.45) is 2.33. The predicted molar refractivity (Wildman–Crippen MR) is 77.7 cm³/mol. The monoisotopic (exact) mass is 290 g/mol. The Morgan fingerprint density at radius 3 is 2.95 bits per heavy atom. The average molecular weight is 291 g/mol. The van der Waals surface area contributed by atoms with E-state index in [4.69, 9.17) is 11.6 Å². The van der Waals surface area contributed by atoms with E-state index in [2.05, 4.69) is 22.4 Å². The zero-order chi connectivity index (χ0) is 14.1. The molecule has 1 aromatic carbocycles. The molecule has 2 heterocycles. The van der Waals surface area contributed by atoms with Gasteiger partial charge in [0.15, 0.2) is 0 Å². The van der Waals surface area contributed by atoms with Crippen LogP contribution in [0.1, 0.15) is 35.6 Å². The lowest BCUT2D eigenvalue weighted by molar-refractivity contribution is 0.0679. The highest BCUT2D eigenvalue weighted by Gasteiger charge is 2.33. The Morgan fingerprint density at radius 1 is 1.40 bits per heavy atom. The minimum atomic E-state index is -0.240.